The molecule has 1 atom stereocenters. The molecule has 0 fully saturated rings. The fourth-order valence-corrected chi connectivity index (χ4v) is 4.67. The number of amides is 1. The SMILES string of the molecule is O=C(CSc1nncn1-c1cccc(Cl)c1)N1N=C(c2ccc(Cl)cc2)CC1c1ccco1. The number of carbonyl (C=O) groups excluding carboxylic acids is 1. The van der Waals surface area contributed by atoms with Crippen LogP contribution in [-0.2, 0) is 4.79 Å². The molecule has 0 radical (unpaired) electrons. The van der Waals surface area contributed by atoms with Gasteiger partial charge in [0.15, 0.2) is 5.16 Å². The number of aromatic nitrogens is 3. The van der Waals surface area contributed by atoms with Gasteiger partial charge in [-0.2, -0.15) is 5.10 Å². The molecule has 1 unspecified atom stereocenters. The molecular formula is C23H17Cl2N5O2S. The van der Waals surface area contributed by atoms with Crippen LogP contribution in [0.15, 0.2) is 87.9 Å². The topological polar surface area (TPSA) is 76.5 Å². The second-order valence-corrected chi connectivity index (χ2v) is 9.09. The Kier molecular flexibility index (Phi) is 6.22. The third-order valence-corrected chi connectivity index (χ3v) is 6.56. The Balaban J connectivity index is 1.36. The summed E-state index contributed by atoms with van der Waals surface area (Å²) in [7, 11) is 0. The summed E-state index contributed by atoms with van der Waals surface area (Å²) < 4.78 is 7.40. The molecule has 0 spiro atoms. The minimum Gasteiger partial charge on any atom is -0.467 e. The molecule has 7 nitrogen and oxygen atoms in total. The fraction of sp³-hybridized carbons (Fsp3) is 0.130. The van der Waals surface area contributed by atoms with Gasteiger partial charge in [-0.05, 0) is 48.0 Å². The quantitative estimate of drug-likeness (QED) is 0.322. The predicted octanol–water partition coefficient (Wildman–Crippen LogP) is 5.64. The van der Waals surface area contributed by atoms with Crippen LogP contribution in [0.5, 0.6) is 0 Å². The average molecular weight is 498 g/mol. The molecule has 1 amide bonds. The van der Waals surface area contributed by atoms with Crippen molar-refractivity contribution in [3.8, 4) is 5.69 Å². The van der Waals surface area contributed by atoms with Gasteiger partial charge >= 0.3 is 0 Å². The van der Waals surface area contributed by atoms with Crippen molar-refractivity contribution >= 4 is 46.6 Å². The molecule has 2 aromatic heterocycles. The van der Waals surface area contributed by atoms with Gasteiger partial charge in [-0.15, -0.1) is 10.2 Å². The smallest absolute Gasteiger partial charge is 0.253 e. The van der Waals surface area contributed by atoms with Crippen molar-refractivity contribution in [1.29, 1.82) is 0 Å². The zero-order valence-electron chi connectivity index (χ0n) is 17.1. The molecule has 10 heteroatoms. The predicted molar refractivity (Wildman–Crippen MR) is 128 cm³/mol. The van der Waals surface area contributed by atoms with Crippen LogP contribution in [0.25, 0.3) is 5.69 Å². The highest BCUT2D eigenvalue weighted by molar-refractivity contribution is 7.99. The molecule has 0 N–H and O–H groups in total. The first kappa shape index (κ1) is 21.8. The standard InChI is InChI=1S/C23H17Cl2N5O2S/c24-16-8-6-15(7-9-16)19-12-20(21-5-2-10-32-21)30(28-19)22(31)13-33-23-27-26-14-29(23)18-4-1-3-17(25)11-18/h1-11,14,20H,12-13H2. The number of hydrogen-bond donors (Lipinski definition) is 0. The van der Waals surface area contributed by atoms with Gasteiger partial charge < -0.3 is 4.42 Å². The number of hydrazone groups is 1. The lowest BCUT2D eigenvalue weighted by molar-refractivity contribution is -0.130. The van der Waals surface area contributed by atoms with Gasteiger partial charge in [0, 0.05) is 16.5 Å². The average Bonchev–Trinajstić information content (AvgIpc) is 3.58. The summed E-state index contributed by atoms with van der Waals surface area (Å²) in [5, 5.41) is 16.1. The fourth-order valence-electron chi connectivity index (χ4n) is 3.58. The van der Waals surface area contributed by atoms with E-state index < -0.39 is 0 Å². The number of rotatable bonds is 6. The molecule has 0 bridgehead atoms. The molecule has 166 valence electrons. The van der Waals surface area contributed by atoms with Crippen LogP contribution >= 0.6 is 35.0 Å². The molecule has 33 heavy (non-hydrogen) atoms. The number of furan rings is 1. The van der Waals surface area contributed by atoms with Crippen molar-refractivity contribution in [2.24, 2.45) is 5.10 Å². The first-order valence-electron chi connectivity index (χ1n) is 10.1. The van der Waals surface area contributed by atoms with Gasteiger partial charge in [0.25, 0.3) is 5.91 Å². The van der Waals surface area contributed by atoms with Gasteiger partial charge in [0.1, 0.15) is 18.1 Å². The van der Waals surface area contributed by atoms with E-state index in [1.807, 2.05) is 48.5 Å². The number of halogens is 2. The van der Waals surface area contributed by atoms with Crippen molar-refractivity contribution in [3.63, 3.8) is 0 Å². The lowest BCUT2D eigenvalue weighted by Crippen LogP contribution is -2.28. The summed E-state index contributed by atoms with van der Waals surface area (Å²) >= 11 is 13.4. The van der Waals surface area contributed by atoms with E-state index in [0.29, 0.717) is 27.4 Å². The molecular weight excluding hydrogens is 481 g/mol. The summed E-state index contributed by atoms with van der Waals surface area (Å²) in [6.07, 6.45) is 3.74. The molecule has 0 aliphatic carbocycles. The second kappa shape index (κ2) is 9.43. The van der Waals surface area contributed by atoms with Crippen LogP contribution < -0.4 is 0 Å². The van der Waals surface area contributed by atoms with E-state index >= 15 is 0 Å². The molecule has 4 aromatic rings. The molecule has 2 aromatic carbocycles. The second-order valence-electron chi connectivity index (χ2n) is 7.28. The Morgan fingerprint density at radius 2 is 1.94 bits per heavy atom. The molecule has 1 aliphatic rings. The lowest BCUT2D eigenvalue weighted by Gasteiger charge is -2.19. The van der Waals surface area contributed by atoms with E-state index in [1.165, 1.54) is 16.8 Å². The number of thioether (sulfide) groups is 1. The monoisotopic (exact) mass is 497 g/mol. The number of hydrogen-bond acceptors (Lipinski definition) is 6. The summed E-state index contributed by atoms with van der Waals surface area (Å²) in [5.41, 5.74) is 2.54. The molecule has 3 heterocycles. The van der Waals surface area contributed by atoms with Crippen LogP contribution in [0, 0.1) is 0 Å². The Hall–Kier alpha value is -3.07. The number of nitrogens with zero attached hydrogens (tertiary/aromatic N) is 5. The van der Waals surface area contributed by atoms with E-state index in [1.54, 1.807) is 29.3 Å². The maximum atomic E-state index is 13.2. The van der Waals surface area contributed by atoms with Crippen LogP contribution in [0.3, 0.4) is 0 Å². The Labute approximate surface area is 204 Å². The molecule has 0 saturated heterocycles. The van der Waals surface area contributed by atoms with Crippen molar-refractivity contribution in [1.82, 2.24) is 19.8 Å². The van der Waals surface area contributed by atoms with Crippen LogP contribution in [0.1, 0.15) is 23.8 Å². The normalized spacial score (nSPS) is 15.6. The summed E-state index contributed by atoms with van der Waals surface area (Å²) in [6.45, 7) is 0. The van der Waals surface area contributed by atoms with E-state index in [0.717, 1.165) is 17.0 Å². The summed E-state index contributed by atoms with van der Waals surface area (Å²) in [5.74, 6) is 0.655. The first-order chi connectivity index (χ1) is 16.1. The zero-order chi connectivity index (χ0) is 22.8. The van der Waals surface area contributed by atoms with E-state index in [4.69, 9.17) is 27.6 Å². The van der Waals surface area contributed by atoms with E-state index in [9.17, 15) is 4.79 Å². The van der Waals surface area contributed by atoms with Crippen molar-refractivity contribution in [3.05, 3.63) is 94.6 Å². The van der Waals surface area contributed by atoms with Gasteiger partial charge in [-0.25, -0.2) is 5.01 Å². The van der Waals surface area contributed by atoms with E-state index in [-0.39, 0.29) is 17.7 Å². The van der Waals surface area contributed by atoms with Crippen molar-refractivity contribution < 1.29 is 9.21 Å². The summed E-state index contributed by atoms with van der Waals surface area (Å²) in [6, 6.07) is 18.1. The third kappa shape index (κ3) is 4.68. The Morgan fingerprint density at radius 3 is 2.70 bits per heavy atom. The Bertz CT molecular complexity index is 1300. The third-order valence-electron chi connectivity index (χ3n) is 5.14. The Morgan fingerprint density at radius 1 is 1.09 bits per heavy atom. The highest BCUT2D eigenvalue weighted by Gasteiger charge is 2.35. The lowest BCUT2D eigenvalue weighted by atomic mass is 10.0. The maximum Gasteiger partial charge on any atom is 0.253 e. The van der Waals surface area contributed by atoms with Crippen molar-refractivity contribution in [2.45, 2.75) is 17.6 Å². The zero-order valence-corrected chi connectivity index (χ0v) is 19.5. The highest BCUT2D eigenvalue weighted by atomic mass is 35.5. The number of carbonyl (C=O) groups is 1. The van der Waals surface area contributed by atoms with Gasteiger partial charge in [-0.1, -0.05) is 53.2 Å². The van der Waals surface area contributed by atoms with Crippen LogP contribution in [0.4, 0.5) is 0 Å². The maximum absolute atomic E-state index is 13.2. The molecule has 5 rings (SSSR count). The van der Waals surface area contributed by atoms with Crippen LogP contribution in [-0.4, -0.2) is 37.1 Å². The minimum absolute atomic E-state index is 0.133. The van der Waals surface area contributed by atoms with Crippen molar-refractivity contribution in [2.75, 3.05) is 5.75 Å². The van der Waals surface area contributed by atoms with Gasteiger partial charge in [0.2, 0.25) is 0 Å². The van der Waals surface area contributed by atoms with Gasteiger partial charge in [0.05, 0.1) is 23.4 Å². The molecule has 1 aliphatic heterocycles. The van der Waals surface area contributed by atoms with E-state index in [2.05, 4.69) is 15.3 Å². The first-order valence-corrected chi connectivity index (χ1v) is 11.8. The minimum atomic E-state index is -0.315. The van der Waals surface area contributed by atoms with Crippen LogP contribution in [0.2, 0.25) is 10.0 Å². The largest absolute Gasteiger partial charge is 0.467 e. The number of benzene rings is 2. The van der Waals surface area contributed by atoms with Gasteiger partial charge in [-0.3, -0.25) is 9.36 Å². The molecule has 0 saturated carbocycles. The highest BCUT2D eigenvalue weighted by Crippen LogP contribution is 2.34. The summed E-state index contributed by atoms with van der Waals surface area (Å²) in [4.78, 5) is 13.2.